The molecule has 0 spiro atoms. The van der Waals surface area contributed by atoms with E-state index in [1.54, 1.807) is 28.7 Å². The molecule has 3 heterocycles. The average Bonchev–Trinajstić information content (AvgIpc) is 3.31. The number of thiophene rings is 1. The van der Waals surface area contributed by atoms with Crippen LogP contribution in [0.3, 0.4) is 0 Å². The van der Waals surface area contributed by atoms with Gasteiger partial charge in [0, 0.05) is 0 Å². The molecule has 9 heteroatoms. The van der Waals surface area contributed by atoms with E-state index in [1.165, 1.54) is 23.1 Å². The first-order chi connectivity index (χ1) is 16.0. The lowest BCUT2D eigenvalue weighted by Crippen LogP contribution is -2.39. The minimum atomic E-state index is -0.151. The van der Waals surface area contributed by atoms with Crippen LogP contribution in [0.25, 0.3) is 15.9 Å². The van der Waals surface area contributed by atoms with Gasteiger partial charge in [-0.1, -0.05) is 17.8 Å². The molecule has 0 atom stereocenters. The summed E-state index contributed by atoms with van der Waals surface area (Å²) in [5.74, 6) is 1.49. The number of fused-ring (bicyclic) bond motifs is 2. The van der Waals surface area contributed by atoms with Gasteiger partial charge in [0.05, 0.1) is 36.3 Å². The number of nitrogens with zero attached hydrogens (tertiary/aromatic N) is 3. The van der Waals surface area contributed by atoms with Gasteiger partial charge in [-0.3, -0.25) is 14.2 Å². The number of aromatic nitrogens is 2. The van der Waals surface area contributed by atoms with E-state index in [0.29, 0.717) is 45.7 Å². The van der Waals surface area contributed by atoms with Gasteiger partial charge in [0.15, 0.2) is 5.16 Å². The summed E-state index contributed by atoms with van der Waals surface area (Å²) in [6.07, 6.45) is 0. The van der Waals surface area contributed by atoms with Crippen molar-refractivity contribution < 1.29 is 14.3 Å². The standard InChI is InChI=1S/C24H21N3O4S2/c1-15-3-8-20-19(13-15)26(10-11-31-20)21(28)14-33-24-25-18-9-12-32-22(18)23(29)27(24)16-4-6-17(30-2)7-5-16/h3-9,12-13H,10-11,14H2,1-2H3. The van der Waals surface area contributed by atoms with Crippen LogP contribution < -0.4 is 19.9 Å². The highest BCUT2D eigenvalue weighted by Gasteiger charge is 2.25. The molecule has 168 valence electrons. The Labute approximate surface area is 198 Å². The number of hydrogen-bond donors (Lipinski definition) is 0. The number of carbonyl (C=O) groups excluding carboxylic acids is 1. The normalized spacial score (nSPS) is 13.0. The largest absolute Gasteiger partial charge is 0.497 e. The average molecular weight is 480 g/mol. The van der Waals surface area contributed by atoms with Gasteiger partial charge in [0.2, 0.25) is 5.91 Å². The summed E-state index contributed by atoms with van der Waals surface area (Å²) in [7, 11) is 1.60. The molecule has 0 saturated carbocycles. The van der Waals surface area contributed by atoms with Gasteiger partial charge in [-0.05, 0) is 60.3 Å². The van der Waals surface area contributed by atoms with Gasteiger partial charge in [-0.25, -0.2) is 4.98 Å². The fraction of sp³-hybridized carbons (Fsp3) is 0.208. The minimum absolute atomic E-state index is 0.0592. The first-order valence-electron chi connectivity index (χ1n) is 10.4. The molecular formula is C24H21N3O4S2. The molecule has 1 aliphatic heterocycles. The first-order valence-corrected chi connectivity index (χ1v) is 12.2. The van der Waals surface area contributed by atoms with Crippen LogP contribution in [0.4, 0.5) is 5.69 Å². The zero-order valence-electron chi connectivity index (χ0n) is 18.1. The number of thioether (sulfide) groups is 1. The third-order valence-electron chi connectivity index (χ3n) is 5.38. The van der Waals surface area contributed by atoms with Crippen molar-refractivity contribution in [3.05, 3.63) is 69.8 Å². The van der Waals surface area contributed by atoms with E-state index in [2.05, 4.69) is 0 Å². The third-order valence-corrected chi connectivity index (χ3v) is 7.20. The summed E-state index contributed by atoms with van der Waals surface area (Å²) in [6, 6.07) is 14.9. The van der Waals surface area contributed by atoms with Crippen molar-refractivity contribution in [3.63, 3.8) is 0 Å². The topological polar surface area (TPSA) is 73.7 Å². The van der Waals surface area contributed by atoms with E-state index in [1.807, 2.05) is 48.7 Å². The van der Waals surface area contributed by atoms with Crippen molar-refractivity contribution >= 4 is 44.9 Å². The predicted octanol–water partition coefficient (Wildman–Crippen LogP) is 4.28. The summed E-state index contributed by atoms with van der Waals surface area (Å²) in [5, 5.41) is 2.33. The lowest BCUT2D eigenvalue weighted by molar-refractivity contribution is -0.116. The van der Waals surface area contributed by atoms with Crippen LogP contribution in [0.5, 0.6) is 11.5 Å². The van der Waals surface area contributed by atoms with Crippen LogP contribution in [-0.4, -0.2) is 41.5 Å². The van der Waals surface area contributed by atoms with Crippen LogP contribution in [0.15, 0.2) is 63.9 Å². The van der Waals surface area contributed by atoms with Gasteiger partial charge >= 0.3 is 0 Å². The Morgan fingerprint density at radius 1 is 1.21 bits per heavy atom. The molecule has 4 aromatic rings. The minimum Gasteiger partial charge on any atom is -0.497 e. The van der Waals surface area contributed by atoms with E-state index in [9.17, 15) is 9.59 Å². The van der Waals surface area contributed by atoms with E-state index in [-0.39, 0.29) is 17.2 Å². The van der Waals surface area contributed by atoms with Gasteiger partial charge in [0.1, 0.15) is 22.8 Å². The highest BCUT2D eigenvalue weighted by atomic mass is 32.2. The van der Waals surface area contributed by atoms with Crippen LogP contribution in [0.2, 0.25) is 0 Å². The maximum atomic E-state index is 13.3. The second kappa shape index (κ2) is 8.92. The first kappa shape index (κ1) is 21.5. The number of rotatable bonds is 5. The van der Waals surface area contributed by atoms with Gasteiger partial charge in [-0.2, -0.15) is 0 Å². The van der Waals surface area contributed by atoms with Crippen LogP contribution in [0.1, 0.15) is 5.56 Å². The number of hydrogen-bond acceptors (Lipinski definition) is 7. The third kappa shape index (κ3) is 4.09. The van der Waals surface area contributed by atoms with Crippen LogP contribution >= 0.6 is 23.1 Å². The molecule has 0 bridgehead atoms. The Kier molecular flexibility index (Phi) is 5.82. The van der Waals surface area contributed by atoms with Crippen molar-refractivity contribution in [2.24, 2.45) is 0 Å². The molecule has 1 amide bonds. The molecule has 1 aliphatic rings. The number of methoxy groups -OCH3 is 1. The number of ether oxygens (including phenoxy) is 2. The molecule has 0 N–H and O–H groups in total. The molecule has 5 rings (SSSR count). The molecule has 0 radical (unpaired) electrons. The number of aryl methyl sites for hydroxylation is 1. The molecule has 7 nitrogen and oxygen atoms in total. The molecule has 0 unspecified atom stereocenters. The predicted molar refractivity (Wildman–Crippen MR) is 132 cm³/mol. The Bertz CT molecular complexity index is 1400. The van der Waals surface area contributed by atoms with Crippen molar-refractivity contribution in [2.45, 2.75) is 12.1 Å². The number of benzene rings is 2. The maximum Gasteiger partial charge on any atom is 0.276 e. The number of amides is 1. The Hall–Kier alpha value is -3.30. The van der Waals surface area contributed by atoms with Crippen molar-refractivity contribution in [1.29, 1.82) is 0 Å². The van der Waals surface area contributed by atoms with Crippen molar-refractivity contribution in [2.75, 3.05) is 30.9 Å². The SMILES string of the molecule is COc1ccc(-n2c(SCC(=O)N3CCOc4ccc(C)cc43)nc3ccsc3c2=O)cc1. The van der Waals surface area contributed by atoms with Crippen molar-refractivity contribution in [3.8, 4) is 17.2 Å². The summed E-state index contributed by atoms with van der Waals surface area (Å²) in [6.45, 7) is 2.92. The highest BCUT2D eigenvalue weighted by molar-refractivity contribution is 7.99. The zero-order chi connectivity index (χ0) is 22.9. The van der Waals surface area contributed by atoms with Crippen molar-refractivity contribution in [1.82, 2.24) is 9.55 Å². The molecule has 33 heavy (non-hydrogen) atoms. The molecule has 0 saturated heterocycles. The Balaban J connectivity index is 1.47. The lowest BCUT2D eigenvalue weighted by Gasteiger charge is -2.29. The lowest BCUT2D eigenvalue weighted by atomic mass is 10.1. The monoisotopic (exact) mass is 479 g/mol. The molecule has 0 fully saturated rings. The summed E-state index contributed by atoms with van der Waals surface area (Å²) < 4.78 is 13.1. The number of anilines is 1. The van der Waals surface area contributed by atoms with E-state index >= 15 is 0 Å². The Morgan fingerprint density at radius 3 is 2.82 bits per heavy atom. The van der Waals surface area contributed by atoms with Gasteiger partial charge in [0.25, 0.3) is 5.56 Å². The van der Waals surface area contributed by atoms with Crippen LogP contribution in [-0.2, 0) is 4.79 Å². The molecule has 2 aromatic heterocycles. The van der Waals surface area contributed by atoms with Gasteiger partial charge < -0.3 is 14.4 Å². The Morgan fingerprint density at radius 2 is 2.03 bits per heavy atom. The second-order valence-corrected chi connectivity index (χ2v) is 9.38. The summed E-state index contributed by atoms with van der Waals surface area (Å²) in [4.78, 5) is 32.9. The number of carbonyl (C=O) groups is 1. The van der Waals surface area contributed by atoms with E-state index in [4.69, 9.17) is 14.5 Å². The molecule has 2 aromatic carbocycles. The summed E-state index contributed by atoms with van der Waals surface area (Å²) >= 11 is 2.62. The summed E-state index contributed by atoms with van der Waals surface area (Å²) in [5.41, 5.74) is 2.99. The fourth-order valence-electron chi connectivity index (χ4n) is 3.74. The fourth-order valence-corrected chi connectivity index (χ4v) is 5.39. The van der Waals surface area contributed by atoms with Gasteiger partial charge in [-0.15, -0.1) is 11.3 Å². The second-order valence-electron chi connectivity index (χ2n) is 7.52. The quantitative estimate of drug-likeness (QED) is 0.314. The zero-order valence-corrected chi connectivity index (χ0v) is 19.7. The van der Waals surface area contributed by atoms with Crippen LogP contribution in [0, 0.1) is 6.92 Å². The highest BCUT2D eigenvalue weighted by Crippen LogP contribution is 2.33. The van der Waals surface area contributed by atoms with E-state index < -0.39 is 0 Å². The van der Waals surface area contributed by atoms with E-state index in [0.717, 1.165) is 11.3 Å². The smallest absolute Gasteiger partial charge is 0.276 e. The molecular weight excluding hydrogens is 458 g/mol. The molecule has 0 aliphatic carbocycles. The maximum absolute atomic E-state index is 13.3.